The van der Waals surface area contributed by atoms with Gasteiger partial charge < -0.3 is 5.11 Å². The van der Waals surface area contributed by atoms with Gasteiger partial charge in [0.2, 0.25) is 0 Å². The van der Waals surface area contributed by atoms with Crippen molar-refractivity contribution in [2.45, 2.75) is 19.1 Å². The number of para-hydroxylation sites is 1. The number of aromatic nitrogens is 1. The van der Waals surface area contributed by atoms with Crippen molar-refractivity contribution in [2.75, 3.05) is 13.1 Å². The Morgan fingerprint density at radius 1 is 1.29 bits per heavy atom. The van der Waals surface area contributed by atoms with Crippen LogP contribution in [0.2, 0.25) is 0 Å². The summed E-state index contributed by atoms with van der Waals surface area (Å²) < 4.78 is 0. The minimum absolute atomic E-state index is 0.155. The number of aliphatic hydroxyl groups is 1. The van der Waals surface area contributed by atoms with E-state index in [1.807, 2.05) is 12.3 Å². The third-order valence-electron chi connectivity index (χ3n) is 3.36. The Morgan fingerprint density at radius 2 is 2.18 bits per heavy atom. The smallest absolute Gasteiger partial charge is 0.0746 e. The van der Waals surface area contributed by atoms with E-state index in [-0.39, 0.29) is 6.10 Å². The van der Waals surface area contributed by atoms with Gasteiger partial charge in [0.05, 0.1) is 11.6 Å². The van der Waals surface area contributed by atoms with Crippen LogP contribution >= 0.6 is 0 Å². The summed E-state index contributed by atoms with van der Waals surface area (Å²) in [5.74, 6) is 0. The van der Waals surface area contributed by atoms with E-state index in [9.17, 15) is 5.11 Å². The second-order valence-electron chi connectivity index (χ2n) is 4.67. The second-order valence-corrected chi connectivity index (χ2v) is 4.67. The van der Waals surface area contributed by atoms with Crippen molar-refractivity contribution in [3.05, 3.63) is 42.1 Å². The molecule has 1 atom stereocenters. The van der Waals surface area contributed by atoms with E-state index in [1.54, 1.807) is 0 Å². The average molecular weight is 228 g/mol. The molecule has 3 rings (SSSR count). The summed E-state index contributed by atoms with van der Waals surface area (Å²) in [6.07, 6.45) is 2.57. The van der Waals surface area contributed by atoms with Crippen LogP contribution in [0.25, 0.3) is 10.9 Å². The van der Waals surface area contributed by atoms with Crippen LogP contribution in [0.15, 0.2) is 36.5 Å². The van der Waals surface area contributed by atoms with E-state index < -0.39 is 0 Å². The predicted octanol–water partition coefficient (Wildman–Crippen LogP) is 1.80. The molecule has 0 spiro atoms. The van der Waals surface area contributed by atoms with Crippen molar-refractivity contribution >= 4 is 10.9 Å². The average Bonchev–Trinajstić information content (AvgIpc) is 2.75. The van der Waals surface area contributed by atoms with Gasteiger partial charge in [0, 0.05) is 31.2 Å². The van der Waals surface area contributed by atoms with Crippen LogP contribution in [0.5, 0.6) is 0 Å². The Bertz CT molecular complexity index is 521. The quantitative estimate of drug-likeness (QED) is 0.851. The lowest BCUT2D eigenvalue weighted by molar-refractivity contribution is 0.175. The molecule has 1 fully saturated rings. The highest BCUT2D eigenvalue weighted by Crippen LogP contribution is 2.19. The third-order valence-corrected chi connectivity index (χ3v) is 3.36. The first kappa shape index (κ1) is 10.7. The maximum Gasteiger partial charge on any atom is 0.0746 e. The molecule has 0 saturated carbocycles. The maximum absolute atomic E-state index is 9.53. The molecule has 1 aliphatic heterocycles. The fourth-order valence-electron chi connectivity index (χ4n) is 2.49. The molecule has 0 aliphatic carbocycles. The fraction of sp³-hybridized carbons (Fsp3) is 0.357. The number of nitrogens with zero attached hydrogens (tertiary/aromatic N) is 2. The molecule has 3 heteroatoms. The van der Waals surface area contributed by atoms with E-state index in [0.29, 0.717) is 0 Å². The van der Waals surface area contributed by atoms with Crippen LogP contribution in [0.4, 0.5) is 0 Å². The third kappa shape index (κ3) is 2.16. The summed E-state index contributed by atoms with van der Waals surface area (Å²) in [5.41, 5.74) is 2.33. The normalized spacial score (nSPS) is 21.1. The van der Waals surface area contributed by atoms with Crippen molar-refractivity contribution in [1.29, 1.82) is 0 Å². The molecule has 1 saturated heterocycles. The molecule has 0 unspecified atom stereocenters. The van der Waals surface area contributed by atoms with E-state index in [1.165, 1.54) is 10.9 Å². The number of rotatable bonds is 2. The first-order chi connectivity index (χ1) is 8.33. The van der Waals surface area contributed by atoms with Gasteiger partial charge in [-0.2, -0.15) is 0 Å². The van der Waals surface area contributed by atoms with Crippen molar-refractivity contribution < 1.29 is 5.11 Å². The molecular formula is C14H16N2O. The van der Waals surface area contributed by atoms with Crippen molar-refractivity contribution in [1.82, 2.24) is 9.88 Å². The summed E-state index contributed by atoms with van der Waals surface area (Å²) >= 11 is 0. The molecule has 2 aromatic rings. The maximum atomic E-state index is 9.53. The van der Waals surface area contributed by atoms with Crippen LogP contribution in [0.1, 0.15) is 12.0 Å². The number of β-amino-alcohol motifs (C(OH)–C–C–N with tert-alkyl or cyclic N) is 1. The van der Waals surface area contributed by atoms with Crippen LogP contribution in [0, 0.1) is 0 Å². The molecule has 3 nitrogen and oxygen atoms in total. The number of aliphatic hydroxyl groups excluding tert-OH is 1. The van der Waals surface area contributed by atoms with Gasteiger partial charge in [0.25, 0.3) is 0 Å². The SMILES string of the molecule is O[C@@H]1CCN(Cc2cccc3cccnc23)C1. The van der Waals surface area contributed by atoms with Crippen LogP contribution in [-0.4, -0.2) is 34.2 Å². The van der Waals surface area contributed by atoms with Crippen molar-refractivity contribution in [3.8, 4) is 0 Å². The minimum Gasteiger partial charge on any atom is -0.392 e. The zero-order valence-corrected chi connectivity index (χ0v) is 9.71. The Kier molecular flexibility index (Phi) is 2.79. The molecule has 0 bridgehead atoms. The summed E-state index contributed by atoms with van der Waals surface area (Å²) in [6.45, 7) is 2.64. The lowest BCUT2D eigenvalue weighted by Gasteiger charge is -2.15. The van der Waals surface area contributed by atoms with Gasteiger partial charge in [-0.15, -0.1) is 0 Å². The van der Waals surface area contributed by atoms with E-state index in [2.05, 4.69) is 34.1 Å². The Hall–Kier alpha value is -1.45. The topological polar surface area (TPSA) is 36.4 Å². The fourth-order valence-corrected chi connectivity index (χ4v) is 2.49. The highest BCUT2D eigenvalue weighted by molar-refractivity contribution is 5.81. The first-order valence-electron chi connectivity index (χ1n) is 6.06. The van der Waals surface area contributed by atoms with E-state index in [4.69, 9.17) is 0 Å². The van der Waals surface area contributed by atoms with Gasteiger partial charge in [0.1, 0.15) is 0 Å². The van der Waals surface area contributed by atoms with Crippen LogP contribution in [-0.2, 0) is 6.54 Å². The Morgan fingerprint density at radius 3 is 3.00 bits per heavy atom. The number of hydrogen-bond donors (Lipinski definition) is 1. The van der Waals surface area contributed by atoms with E-state index >= 15 is 0 Å². The number of likely N-dealkylation sites (tertiary alicyclic amines) is 1. The summed E-state index contributed by atoms with van der Waals surface area (Å²) in [5, 5.41) is 10.7. The van der Waals surface area contributed by atoms with Crippen molar-refractivity contribution in [3.63, 3.8) is 0 Å². The van der Waals surface area contributed by atoms with Gasteiger partial charge in [0.15, 0.2) is 0 Å². The van der Waals surface area contributed by atoms with E-state index in [0.717, 1.165) is 31.6 Å². The summed E-state index contributed by atoms with van der Waals surface area (Å²) in [6, 6.07) is 10.3. The summed E-state index contributed by atoms with van der Waals surface area (Å²) in [7, 11) is 0. The summed E-state index contributed by atoms with van der Waals surface area (Å²) in [4.78, 5) is 6.74. The largest absolute Gasteiger partial charge is 0.392 e. The first-order valence-corrected chi connectivity index (χ1v) is 6.06. The standard InChI is InChI=1S/C14H16N2O/c17-13-6-8-16(10-13)9-12-4-1-3-11-5-2-7-15-14(11)12/h1-5,7,13,17H,6,8-10H2/t13-/m1/s1. The monoisotopic (exact) mass is 228 g/mol. The predicted molar refractivity (Wildman–Crippen MR) is 67.6 cm³/mol. The zero-order chi connectivity index (χ0) is 11.7. The molecule has 2 heterocycles. The molecule has 0 radical (unpaired) electrons. The van der Waals surface area contributed by atoms with Crippen LogP contribution in [0.3, 0.4) is 0 Å². The molecule has 0 amide bonds. The van der Waals surface area contributed by atoms with Gasteiger partial charge in [-0.3, -0.25) is 9.88 Å². The lowest BCUT2D eigenvalue weighted by atomic mass is 10.1. The van der Waals surface area contributed by atoms with Gasteiger partial charge >= 0.3 is 0 Å². The van der Waals surface area contributed by atoms with Gasteiger partial charge in [-0.1, -0.05) is 24.3 Å². The number of fused-ring (bicyclic) bond motifs is 1. The van der Waals surface area contributed by atoms with Crippen molar-refractivity contribution in [2.24, 2.45) is 0 Å². The highest BCUT2D eigenvalue weighted by atomic mass is 16.3. The molecule has 1 aliphatic rings. The minimum atomic E-state index is -0.155. The molecular weight excluding hydrogens is 212 g/mol. The molecule has 88 valence electrons. The molecule has 1 N–H and O–H groups in total. The molecule has 1 aromatic carbocycles. The Balaban J connectivity index is 1.90. The number of pyridine rings is 1. The zero-order valence-electron chi connectivity index (χ0n) is 9.71. The number of hydrogen-bond acceptors (Lipinski definition) is 3. The van der Waals surface area contributed by atoms with Gasteiger partial charge in [-0.25, -0.2) is 0 Å². The van der Waals surface area contributed by atoms with Gasteiger partial charge in [-0.05, 0) is 18.1 Å². The lowest BCUT2D eigenvalue weighted by Crippen LogP contribution is -2.21. The van der Waals surface area contributed by atoms with Crippen LogP contribution < -0.4 is 0 Å². The second kappa shape index (κ2) is 4.43. The molecule has 17 heavy (non-hydrogen) atoms. The highest BCUT2D eigenvalue weighted by Gasteiger charge is 2.20. The molecule has 1 aromatic heterocycles. The number of benzene rings is 1. The Labute approximate surface area is 101 Å².